The van der Waals surface area contributed by atoms with E-state index in [1.54, 1.807) is 0 Å². The van der Waals surface area contributed by atoms with Crippen LogP contribution in [0.15, 0.2) is 0 Å². The van der Waals surface area contributed by atoms with E-state index in [9.17, 15) is 14.7 Å². The smallest absolute Gasteiger partial charge is 0.305 e. The highest BCUT2D eigenvalue weighted by Crippen LogP contribution is 2.21. The summed E-state index contributed by atoms with van der Waals surface area (Å²) >= 11 is 0. The van der Waals surface area contributed by atoms with Gasteiger partial charge in [0.2, 0.25) is 0 Å². The third-order valence-corrected chi connectivity index (χ3v) is 11.7. The van der Waals surface area contributed by atoms with Gasteiger partial charge in [0.15, 0.2) is 0 Å². The highest BCUT2D eigenvalue weighted by molar-refractivity contribution is 5.69. The van der Waals surface area contributed by atoms with Crippen LogP contribution in [0.25, 0.3) is 0 Å². The lowest BCUT2D eigenvalue weighted by atomic mass is 9.95. The Labute approximate surface area is 343 Å². The first kappa shape index (κ1) is 53.9. The van der Waals surface area contributed by atoms with Crippen molar-refractivity contribution in [3.63, 3.8) is 0 Å². The van der Waals surface area contributed by atoms with E-state index in [4.69, 9.17) is 9.47 Å². The van der Waals surface area contributed by atoms with Crippen LogP contribution in [0.5, 0.6) is 0 Å². The van der Waals surface area contributed by atoms with Gasteiger partial charge in [0.05, 0.1) is 13.2 Å². The van der Waals surface area contributed by atoms with Gasteiger partial charge in [-0.05, 0) is 102 Å². The molecule has 2 atom stereocenters. The van der Waals surface area contributed by atoms with Crippen molar-refractivity contribution >= 4 is 11.9 Å². The molecule has 6 heteroatoms. The number of rotatable bonds is 45. The summed E-state index contributed by atoms with van der Waals surface area (Å²) in [5, 5.41) is 9.22. The molecule has 6 nitrogen and oxygen atoms in total. The molecular formula is C49H97NO5. The van der Waals surface area contributed by atoms with E-state index in [-0.39, 0.29) is 18.5 Å². The average Bonchev–Trinajstić information content (AvgIpc) is 3.19. The van der Waals surface area contributed by atoms with E-state index in [0.717, 1.165) is 90.3 Å². The molecule has 0 radical (unpaired) electrons. The SMILES string of the molecule is CCCCCCCC(CCCCCC)COC(=O)CCCCCCN(CCCCCO)CCCCCCC(=O)OCC(CCCCCC)CCCCCCC. The van der Waals surface area contributed by atoms with Crippen LogP contribution in [0.2, 0.25) is 0 Å². The number of ether oxygens (including phenoxy) is 2. The number of aliphatic hydroxyl groups excluding tert-OH is 1. The molecule has 0 aromatic carbocycles. The summed E-state index contributed by atoms with van der Waals surface area (Å²) in [4.78, 5) is 27.8. The number of nitrogens with zero attached hydrogens (tertiary/aromatic N) is 1. The Morgan fingerprint density at radius 3 is 1.04 bits per heavy atom. The molecule has 55 heavy (non-hydrogen) atoms. The molecule has 0 saturated heterocycles. The van der Waals surface area contributed by atoms with Gasteiger partial charge in [-0.2, -0.15) is 0 Å². The first-order valence-electron chi connectivity index (χ1n) is 24.6. The van der Waals surface area contributed by atoms with E-state index in [2.05, 4.69) is 32.6 Å². The Bertz CT molecular complexity index is 733. The van der Waals surface area contributed by atoms with E-state index in [1.165, 1.54) is 141 Å². The molecule has 0 aromatic heterocycles. The van der Waals surface area contributed by atoms with Gasteiger partial charge in [-0.15, -0.1) is 0 Å². The first-order valence-corrected chi connectivity index (χ1v) is 24.6. The van der Waals surface area contributed by atoms with Gasteiger partial charge in [-0.25, -0.2) is 0 Å². The van der Waals surface area contributed by atoms with E-state index in [1.807, 2.05) is 0 Å². The second-order valence-corrected chi connectivity index (χ2v) is 17.2. The summed E-state index contributed by atoms with van der Waals surface area (Å²) < 4.78 is 11.6. The fourth-order valence-electron chi connectivity index (χ4n) is 7.86. The molecular weight excluding hydrogens is 683 g/mol. The van der Waals surface area contributed by atoms with Crippen LogP contribution in [-0.2, 0) is 19.1 Å². The second kappa shape index (κ2) is 44.0. The van der Waals surface area contributed by atoms with Gasteiger partial charge in [-0.1, -0.05) is 169 Å². The van der Waals surface area contributed by atoms with Crippen LogP contribution in [0.4, 0.5) is 0 Å². The molecule has 0 aliphatic carbocycles. The zero-order chi connectivity index (χ0) is 40.3. The topological polar surface area (TPSA) is 76.1 Å². The monoisotopic (exact) mass is 780 g/mol. The van der Waals surface area contributed by atoms with Crippen LogP contribution in [0.3, 0.4) is 0 Å². The van der Waals surface area contributed by atoms with Crippen LogP contribution in [-0.4, -0.2) is 61.4 Å². The maximum absolute atomic E-state index is 12.6. The number of unbranched alkanes of at least 4 members (excludes halogenated alkanes) is 22. The first-order chi connectivity index (χ1) is 27.0. The summed E-state index contributed by atoms with van der Waals surface area (Å²) in [6.45, 7) is 13.9. The number of carbonyl (C=O) groups excluding carboxylic acids is 2. The van der Waals surface area contributed by atoms with Crippen molar-refractivity contribution in [2.45, 2.75) is 252 Å². The maximum Gasteiger partial charge on any atom is 0.305 e. The Morgan fingerprint density at radius 1 is 0.400 bits per heavy atom. The van der Waals surface area contributed by atoms with Crippen molar-refractivity contribution in [1.82, 2.24) is 4.90 Å². The minimum atomic E-state index is -0.00141. The zero-order valence-electron chi connectivity index (χ0n) is 37.7. The number of esters is 2. The lowest BCUT2D eigenvalue weighted by molar-refractivity contribution is -0.146. The molecule has 0 rings (SSSR count). The van der Waals surface area contributed by atoms with Gasteiger partial charge in [-0.3, -0.25) is 9.59 Å². The molecule has 0 saturated carbocycles. The lowest BCUT2D eigenvalue weighted by Crippen LogP contribution is -2.27. The molecule has 328 valence electrons. The highest BCUT2D eigenvalue weighted by Gasteiger charge is 2.14. The molecule has 0 aromatic rings. The summed E-state index contributed by atoms with van der Waals surface area (Å²) in [5.41, 5.74) is 0. The standard InChI is InChI=1S/C49H97NO5/c1-5-9-13-17-26-36-46(34-24-15-11-7-3)44-54-48(52)38-28-19-21-30-40-50(42-32-23-33-43-51)41-31-22-20-29-39-49(53)55-45-47(35-25-16-12-8-4)37-27-18-14-10-6-2/h46-47,51H,5-45H2,1-4H3. The van der Waals surface area contributed by atoms with Crippen molar-refractivity contribution in [2.24, 2.45) is 11.8 Å². The fraction of sp³-hybridized carbons (Fsp3) is 0.959. The molecule has 0 amide bonds. The van der Waals surface area contributed by atoms with Gasteiger partial charge in [0, 0.05) is 19.4 Å². The molecule has 0 bridgehead atoms. The maximum atomic E-state index is 12.6. The van der Waals surface area contributed by atoms with Crippen molar-refractivity contribution < 1.29 is 24.2 Å². The predicted molar refractivity (Wildman–Crippen MR) is 237 cm³/mol. The quantitative estimate of drug-likeness (QED) is 0.0490. The minimum Gasteiger partial charge on any atom is -0.465 e. The molecule has 2 unspecified atom stereocenters. The third-order valence-electron chi connectivity index (χ3n) is 11.7. The van der Waals surface area contributed by atoms with Gasteiger partial charge < -0.3 is 19.5 Å². The zero-order valence-corrected chi connectivity index (χ0v) is 37.7. The van der Waals surface area contributed by atoms with E-state index in [0.29, 0.717) is 37.9 Å². The van der Waals surface area contributed by atoms with Crippen LogP contribution >= 0.6 is 0 Å². The average molecular weight is 780 g/mol. The van der Waals surface area contributed by atoms with Crippen LogP contribution in [0, 0.1) is 11.8 Å². The number of hydrogen-bond donors (Lipinski definition) is 1. The van der Waals surface area contributed by atoms with Crippen molar-refractivity contribution in [2.75, 3.05) is 39.5 Å². The molecule has 0 aliphatic heterocycles. The largest absolute Gasteiger partial charge is 0.465 e. The molecule has 0 fully saturated rings. The van der Waals surface area contributed by atoms with Crippen LogP contribution in [0.1, 0.15) is 252 Å². The molecule has 0 aliphatic rings. The number of aliphatic hydroxyl groups is 1. The van der Waals surface area contributed by atoms with Crippen LogP contribution < -0.4 is 0 Å². The third kappa shape index (κ3) is 39.5. The Hall–Kier alpha value is -1.14. The Balaban J connectivity index is 4.34. The van der Waals surface area contributed by atoms with Gasteiger partial charge in [0.25, 0.3) is 0 Å². The van der Waals surface area contributed by atoms with Crippen molar-refractivity contribution in [3.05, 3.63) is 0 Å². The van der Waals surface area contributed by atoms with E-state index < -0.39 is 0 Å². The predicted octanol–water partition coefficient (Wildman–Crippen LogP) is 14.3. The van der Waals surface area contributed by atoms with E-state index >= 15 is 0 Å². The normalized spacial score (nSPS) is 12.7. The molecule has 0 heterocycles. The molecule has 1 N–H and O–H groups in total. The second-order valence-electron chi connectivity index (χ2n) is 17.2. The Morgan fingerprint density at radius 2 is 0.691 bits per heavy atom. The van der Waals surface area contributed by atoms with Crippen molar-refractivity contribution in [3.8, 4) is 0 Å². The number of hydrogen-bond acceptors (Lipinski definition) is 6. The summed E-state index contributed by atoms with van der Waals surface area (Å²) in [7, 11) is 0. The fourth-order valence-corrected chi connectivity index (χ4v) is 7.86. The highest BCUT2D eigenvalue weighted by atomic mass is 16.5. The number of carbonyl (C=O) groups is 2. The lowest BCUT2D eigenvalue weighted by Gasteiger charge is -2.22. The van der Waals surface area contributed by atoms with Gasteiger partial charge in [0.1, 0.15) is 0 Å². The summed E-state index contributed by atoms with van der Waals surface area (Å²) in [6.07, 6.45) is 41.0. The summed E-state index contributed by atoms with van der Waals surface area (Å²) in [5.74, 6) is 1.06. The molecule has 0 spiro atoms. The summed E-state index contributed by atoms with van der Waals surface area (Å²) in [6, 6.07) is 0. The van der Waals surface area contributed by atoms with Crippen molar-refractivity contribution in [1.29, 1.82) is 0 Å². The van der Waals surface area contributed by atoms with Gasteiger partial charge >= 0.3 is 11.9 Å². The minimum absolute atomic E-state index is 0.00141. The Kier molecular flexibility index (Phi) is 43.1.